The molecule has 4 N–H and O–H groups in total. The molecule has 0 saturated heterocycles. The highest BCUT2D eigenvalue weighted by molar-refractivity contribution is 5.99. The summed E-state index contributed by atoms with van der Waals surface area (Å²) in [7, 11) is 0. The summed E-state index contributed by atoms with van der Waals surface area (Å²) in [5, 5.41) is 11.6. The predicted octanol–water partition coefficient (Wildman–Crippen LogP) is 4.79. The first kappa shape index (κ1) is 25.5. The van der Waals surface area contributed by atoms with Gasteiger partial charge in [0, 0.05) is 41.3 Å². The molecule has 8 nitrogen and oxygen atoms in total. The third-order valence-electron chi connectivity index (χ3n) is 7.64. The topological polar surface area (TPSA) is 104 Å². The third kappa shape index (κ3) is 5.25. The van der Waals surface area contributed by atoms with E-state index >= 15 is 0 Å². The van der Waals surface area contributed by atoms with Crippen LogP contribution in [0.4, 0.5) is 40.7 Å². The van der Waals surface area contributed by atoms with E-state index in [4.69, 9.17) is 0 Å². The van der Waals surface area contributed by atoms with Crippen LogP contribution in [0, 0.1) is 0 Å². The average Bonchev–Trinajstić information content (AvgIpc) is 3.84. The van der Waals surface area contributed by atoms with E-state index < -0.39 is 30.7 Å². The van der Waals surface area contributed by atoms with E-state index in [1.54, 1.807) is 12.1 Å². The molecular formula is C27H27F4N7O. The summed E-state index contributed by atoms with van der Waals surface area (Å²) in [5.74, 6) is -0.806. The Kier molecular flexibility index (Phi) is 6.17. The first-order chi connectivity index (χ1) is 18.7. The summed E-state index contributed by atoms with van der Waals surface area (Å²) in [6.45, 7) is -1.12. The maximum absolute atomic E-state index is 13.6. The van der Waals surface area contributed by atoms with Gasteiger partial charge in [0.1, 0.15) is 24.6 Å². The molecule has 2 aliphatic carbocycles. The number of rotatable bonds is 8. The molecule has 39 heavy (non-hydrogen) atoms. The molecule has 2 aromatic heterocycles. The van der Waals surface area contributed by atoms with Gasteiger partial charge in [-0.05, 0) is 67.5 Å². The highest BCUT2D eigenvalue weighted by Gasteiger charge is 2.47. The van der Waals surface area contributed by atoms with Gasteiger partial charge in [-0.2, -0.15) is 18.2 Å². The van der Waals surface area contributed by atoms with E-state index in [0.717, 1.165) is 31.5 Å². The Morgan fingerprint density at radius 1 is 1.03 bits per heavy atom. The standard InChI is InChI=1S/C27H27F4N7O/c28-14-25(5-6-25)21-12-18(4-9-32-21)36-22-19(23(39)34-15-27(29,30)31)13-33-24(38-22)37-17-1-2-20-16(11-17)3-10-35-26(20)7-8-26/h1-2,4,9,11-13,35H,3,5-8,10,14-15H2,(H,34,39)(H2,32,33,36,37,38). The van der Waals surface area contributed by atoms with Crippen molar-refractivity contribution in [3.05, 3.63) is 65.1 Å². The van der Waals surface area contributed by atoms with E-state index in [-0.39, 0.29) is 22.9 Å². The lowest BCUT2D eigenvalue weighted by Crippen LogP contribution is -2.36. The maximum atomic E-state index is 13.6. The number of halogens is 4. The van der Waals surface area contributed by atoms with Crippen LogP contribution >= 0.6 is 0 Å². The summed E-state index contributed by atoms with van der Waals surface area (Å²) in [4.78, 5) is 25.6. The molecule has 2 fully saturated rings. The van der Waals surface area contributed by atoms with Crippen molar-refractivity contribution < 1.29 is 22.4 Å². The lowest BCUT2D eigenvalue weighted by atomic mass is 9.92. The molecule has 1 aliphatic heterocycles. The SMILES string of the molecule is O=C(NCC(F)(F)F)c1cnc(Nc2ccc3c(c2)CCNC32CC2)nc1Nc1ccnc(C2(CF)CC2)c1. The quantitative estimate of drug-likeness (QED) is 0.304. The predicted molar refractivity (Wildman–Crippen MR) is 137 cm³/mol. The molecule has 3 aromatic rings. The number of aromatic nitrogens is 3. The number of nitrogens with zero attached hydrogens (tertiary/aromatic N) is 3. The van der Waals surface area contributed by atoms with E-state index in [0.29, 0.717) is 24.2 Å². The van der Waals surface area contributed by atoms with Crippen LogP contribution < -0.4 is 21.3 Å². The fourth-order valence-electron chi connectivity index (χ4n) is 5.10. The molecule has 0 atom stereocenters. The Morgan fingerprint density at radius 3 is 2.54 bits per heavy atom. The maximum Gasteiger partial charge on any atom is 0.405 e. The molecule has 1 amide bonds. The van der Waals surface area contributed by atoms with Crippen molar-refractivity contribution in [3.63, 3.8) is 0 Å². The van der Waals surface area contributed by atoms with Gasteiger partial charge >= 0.3 is 6.18 Å². The number of fused-ring (bicyclic) bond motifs is 2. The summed E-state index contributed by atoms with van der Waals surface area (Å²) < 4.78 is 51.8. The van der Waals surface area contributed by atoms with Gasteiger partial charge in [0.05, 0.1) is 5.69 Å². The summed E-state index contributed by atoms with van der Waals surface area (Å²) >= 11 is 0. The second kappa shape index (κ2) is 9.44. The molecule has 6 rings (SSSR count). The fraction of sp³-hybridized carbons (Fsp3) is 0.407. The van der Waals surface area contributed by atoms with E-state index in [2.05, 4.69) is 43.0 Å². The van der Waals surface area contributed by atoms with Gasteiger partial charge in [0.2, 0.25) is 5.95 Å². The molecule has 0 unspecified atom stereocenters. The smallest absolute Gasteiger partial charge is 0.343 e. The largest absolute Gasteiger partial charge is 0.405 e. The summed E-state index contributed by atoms with van der Waals surface area (Å²) in [6.07, 6.45) is 2.62. The molecule has 3 aliphatic rings. The molecular weight excluding hydrogens is 514 g/mol. The number of carbonyl (C=O) groups excluding carboxylic acids is 1. The number of benzene rings is 1. The van der Waals surface area contributed by atoms with Crippen LogP contribution in [-0.4, -0.2) is 46.8 Å². The second-order valence-corrected chi connectivity index (χ2v) is 10.5. The van der Waals surface area contributed by atoms with Gasteiger partial charge in [-0.1, -0.05) is 6.07 Å². The Labute approximate surface area is 222 Å². The van der Waals surface area contributed by atoms with Crippen molar-refractivity contribution in [3.8, 4) is 0 Å². The highest BCUT2D eigenvalue weighted by Crippen LogP contribution is 2.49. The van der Waals surface area contributed by atoms with Crippen LogP contribution in [0.1, 0.15) is 52.9 Å². The van der Waals surface area contributed by atoms with Crippen molar-refractivity contribution in [2.45, 2.75) is 49.2 Å². The van der Waals surface area contributed by atoms with Gasteiger partial charge in [0.15, 0.2) is 0 Å². The Balaban J connectivity index is 1.28. The Hall–Kier alpha value is -3.80. The summed E-state index contributed by atoms with van der Waals surface area (Å²) in [6, 6.07) is 9.37. The number of hydrogen-bond donors (Lipinski definition) is 4. The normalized spacial score (nSPS) is 18.3. The molecule has 0 radical (unpaired) electrons. The lowest BCUT2D eigenvalue weighted by molar-refractivity contribution is -0.123. The minimum atomic E-state index is -4.57. The van der Waals surface area contributed by atoms with E-state index in [1.807, 2.05) is 11.4 Å². The molecule has 3 heterocycles. The van der Waals surface area contributed by atoms with E-state index in [9.17, 15) is 22.4 Å². The van der Waals surface area contributed by atoms with Crippen LogP contribution in [0.25, 0.3) is 0 Å². The number of carbonyl (C=O) groups is 1. The zero-order chi connectivity index (χ0) is 27.3. The van der Waals surface area contributed by atoms with Crippen LogP contribution in [0.5, 0.6) is 0 Å². The third-order valence-corrected chi connectivity index (χ3v) is 7.64. The monoisotopic (exact) mass is 541 g/mol. The Morgan fingerprint density at radius 2 is 1.82 bits per heavy atom. The van der Waals surface area contributed by atoms with Gasteiger partial charge < -0.3 is 21.3 Å². The van der Waals surface area contributed by atoms with Crippen LogP contribution in [0.2, 0.25) is 0 Å². The molecule has 2 saturated carbocycles. The van der Waals surface area contributed by atoms with Crippen LogP contribution in [0.15, 0.2) is 42.7 Å². The molecule has 1 aromatic carbocycles. The van der Waals surface area contributed by atoms with Crippen molar-refractivity contribution in [1.82, 2.24) is 25.6 Å². The van der Waals surface area contributed by atoms with Crippen molar-refractivity contribution >= 4 is 29.0 Å². The molecule has 0 bridgehead atoms. The fourth-order valence-corrected chi connectivity index (χ4v) is 5.10. The minimum Gasteiger partial charge on any atom is -0.343 e. The van der Waals surface area contributed by atoms with Crippen molar-refractivity contribution in [2.24, 2.45) is 0 Å². The highest BCUT2D eigenvalue weighted by atomic mass is 19.4. The number of pyridine rings is 1. The van der Waals surface area contributed by atoms with Gasteiger partial charge in [-0.25, -0.2) is 4.98 Å². The van der Waals surface area contributed by atoms with Crippen molar-refractivity contribution in [2.75, 3.05) is 30.4 Å². The van der Waals surface area contributed by atoms with Crippen molar-refractivity contribution in [1.29, 1.82) is 0 Å². The first-order valence-corrected chi connectivity index (χ1v) is 12.9. The first-order valence-electron chi connectivity index (χ1n) is 12.9. The second-order valence-electron chi connectivity index (χ2n) is 10.5. The zero-order valence-electron chi connectivity index (χ0n) is 21.0. The average molecular weight is 542 g/mol. The number of hydrogen-bond acceptors (Lipinski definition) is 7. The minimum absolute atomic E-state index is 0.00788. The van der Waals surface area contributed by atoms with Gasteiger partial charge in [-0.15, -0.1) is 0 Å². The lowest BCUT2D eigenvalue weighted by Gasteiger charge is -2.27. The number of nitrogens with one attached hydrogen (secondary N) is 4. The number of anilines is 4. The number of alkyl halides is 4. The zero-order valence-corrected chi connectivity index (χ0v) is 21.0. The van der Waals surface area contributed by atoms with Gasteiger partial charge in [0.25, 0.3) is 5.91 Å². The van der Waals surface area contributed by atoms with E-state index in [1.165, 1.54) is 23.5 Å². The molecule has 12 heteroatoms. The molecule has 204 valence electrons. The Bertz CT molecular complexity index is 1420. The molecule has 1 spiro atoms. The number of amides is 1. The summed E-state index contributed by atoms with van der Waals surface area (Å²) in [5.41, 5.74) is 3.67. The van der Waals surface area contributed by atoms with Crippen LogP contribution in [0.3, 0.4) is 0 Å². The van der Waals surface area contributed by atoms with Gasteiger partial charge in [-0.3, -0.25) is 14.2 Å². The van der Waals surface area contributed by atoms with Crippen LogP contribution in [-0.2, 0) is 17.4 Å².